The monoisotopic (exact) mass is 412 g/mol. The van der Waals surface area contributed by atoms with Gasteiger partial charge >= 0.3 is 0 Å². The number of fused-ring (bicyclic) bond motifs is 3. The van der Waals surface area contributed by atoms with Gasteiger partial charge in [0, 0.05) is 0 Å². The maximum Gasteiger partial charge on any atom is 0.274 e. The molecular formula is C21H17ClN2O3S. The van der Waals surface area contributed by atoms with E-state index in [2.05, 4.69) is 11.6 Å². The number of imidazole rings is 1. The maximum absolute atomic E-state index is 12.9. The number of hydrogen-bond donors (Lipinski definition) is 0. The van der Waals surface area contributed by atoms with Crippen LogP contribution >= 0.6 is 22.9 Å². The summed E-state index contributed by atoms with van der Waals surface area (Å²) in [6.07, 6.45) is 3.43. The number of ether oxygens (including phenoxy) is 2. The highest BCUT2D eigenvalue weighted by atomic mass is 35.5. The van der Waals surface area contributed by atoms with Gasteiger partial charge in [0.15, 0.2) is 16.5 Å². The van der Waals surface area contributed by atoms with Crippen molar-refractivity contribution in [2.24, 2.45) is 0 Å². The number of hydrogen-bond acceptors (Lipinski definition) is 5. The van der Waals surface area contributed by atoms with E-state index < -0.39 is 0 Å². The molecule has 7 heteroatoms. The van der Waals surface area contributed by atoms with Crippen LogP contribution in [-0.4, -0.2) is 22.6 Å². The first kappa shape index (κ1) is 18.5. The van der Waals surface area contributed by atoms with Crippen LogP contribution in [-0.2, 0) is 0 Å². The lowest BCUT2D eigenvalue weighted by atomic mass is 10.2. The molecule has 0 atom stereocenters. The normalized spacial score (nSPS) is 12.0. The van der Waals surface area contributed by atoms with Crippen LogP contribution in [0.5, 0.6) is 11.5 Å². The van der Waals surface area contributed by atoms with E-state index in [1.807, 2.05) is 37.3 Å². The van der Waals surface area contributed by atoms with Gasteiger partial charge in [0.1, 0.15) is 6.61 Å². The molecule has 0 spiro atoms. The Morgan fingerprint density at radius 3 is 2.89 bits per heavy atom. The molecule has 2 aromatic heterocycles. The summed E-state index contributed by atoms with van der Waals surface area (Å²) in [6, 6.07) is 11.2. The van der Waals surface area contributed by atoms with Gasteiger partial charge in [0.25, 0.3) is 5.56 Å². The van der Waals surface area contributed by atoms with E-state index in [9.17, 15) is 4.79 Å². The van der Waals surface area contributed by atoms with Crippen LogP contribution < -0.4 is 19.6 Å². The Hall–Kier alpha value is -2.83. The van der Waals surface area contributed by atoms with Crippen LogP contribution in [0.15, 0.2) is 53.8 Å². The lowest BCUT2D eigenvalue weighted by Gasteiger charge is -2.13. The fourth-order valence-electron chi connectivity index (χ4n) is 2.98. The molecule has 0 unspecified atom stereocenters. The molecule has 0 saturated carbocycles. The van der Waals surface area contributed by atoms with Crippen molar-refractivity contribution in [2.45, 2.75) is 6.92 Å². The summed E-state index contributed by atoms with van der Waals surface area (Å²) in [6.45, 7) is 6.32. The average Bonchev–Trinajstić information content (AvgIpc) is 3.18. The second-order valence-corrected chi connectivity index (χ2v) is 7.41. The molecule has 0 saturated heterocycles. The molecule has 5 nitrogen and oxygen atoms in total. The van der Waals surface area contributed by atoms with Crippen molar-refractivity contribution in [1.82, 2.24) is 9.38 Å². The Morgan fingerprint density at radius 1 is 1.29 bits per heavy atom. The molecule has 0 bridgehead atoms. The lowest BCUT2D eigenvalue weighted by molar-refractivity contribution is 0.297. The molecule has 0 aliphatic heterocycles. The molecular weight excluding hydrogens is 396 g/mol. The van der Waals surface area contributed by atoms with Gasteiger partial charge in [-0.25, -0.2) is 9.38 Å². The molecule has 0 aliphatic carbocycles. The summed E-state index contributed by atoms with van der Waals surface area (Å²) < 4.78 is 13.5. The van der Waals surface area contributed by atoms with E-state index >= 15 is 0 Å². The lowest BCUT2D eigenvalue weighted by Crippen LogP contribution is -2.22. The van der Waals surface area contributed by atoms with Crippen molar-refractivity contribution in [1.29, 1.82) is 0 Å². The van der Waals surface area contributed by atoms with Crippen LogP contribution in [0.1, 0.15) is 12.5 Å². The van der Waals surface area contributed by atoms with Gasteiger partial charge in [-0.15, -0.1) is 0 Å². The smallest absolute Gasteiger partial charge is 0.274 e. The summed E-state index contributed by atoms with van der Waals surface area (Å²) in [5.74, 6) is 0.997. The first-order valence-electron chi connectivity index (χ1n) is 8.74. The molecule has 4 rings (SSSR count). The molecule has 0 radical (unpaired) electrons. The Balaban J connectivity index is 1.85. The summed E-state index contributed by atoms with van der Waals surface area (Å²) in [7, 11) is 0. The summed E-state index contributed by atoms with van der Waals surface area (Å²) >= 11 is 7.74. The predicted molar refractivity (Wildman–Crippen MR) is 114 cm³/mol. The van der Waals surface area contributed by atoms with E-state index in [0.717, 1.165) is 16.6 Å². The number of nitrogens with zero attached hydrogens (tertiary/aromatic N) is 2. The molecule has 28 heavy (non-hydrogen) atoms. The van der Waals surface area contributed by atoms with Crippen molar-refractivity contribution in [3.63, 3.8) is 0 Å². The van der Waals surface area contributed by atoms with Gasteiger partial charge in [0.2, 0.25) is 0 Å². The minimum atomic E-state index is -0.102. The van der Waals surface area contributed by atoms with Gasteiger partial charge in [-0.3, -0.25) is 4.79 Å². The third-order valence-electron chi connectivity index (χ3n) is 4.12. The quantitative estimate of drug-likeness (QED) is 0.448. The third kappa shape index (κ3) is 3.25. The maximum atomic E-state index is 12.9. The van der Waals surface area contributed by atoms with E-state index in [1.165, 1.54) is 11.3 Å². The zero-order valence-electron chi connectivity index (χ0n) is 15.1. The fraction of sp³-hybridized carbons (Fsp3) is 0.143. The van der Waals surface area contributed by atoms with E-state index in [-0.39, 0.29) is 5.56 Å². The topological polar surface area (TPSA) is 52.8 Å². The van der Waals surface area contributed by atoms with Crippen molar-refractivity contribution >= 4 is 45.0 Å². The van der Waals surface area contributed by atoms with Gasteiger partial charge in [-0.2, -0.15) is 0 Å². The van der Waals surface area contributed by atoms with Crippen molar-refractivity contribution < 1.29 is 9.47 Å². The van der Waals surface area contributed by atoms with Crippen LogP contribution in [0, 0.1) is 0 Å². The van der Waals surface area contributed by atoms with Crippen LogP contribution in [0.25, 0.3) is 22.1 Å². The second-order valence-electron chi connectivity index (χ2n) is 6.00. The largest absolute Gasteiger partial charge is 0.490 e. The Labute approximate surface area is 170 Å². The SMILES string of the molecule is C=CCOc1c(Cl)cc(C=c2sc3nc4ccccc4n3c2=O)cc1OCC. The fourth-order valence-corrected chi connectivity index (χ4v) is 4.24. The first-order chi connectivity index (χ1) is 13.6. The average molecular weight is 413 g/mol. The number of para-hydroxylation sites is 2. The molecule has 0 aliphatic rings. The minimum absolute atomic E-state index is 0.102. The zero-order valence-corrected chi connectivity index (χ0v) is 16.7. The molecule has 4 aromatic rings. The molecule has 2 aromatic carbocycles. The van der Waals surface area contributed by atoms with Crippen LogP contribution in [0.4, 0.5) is 0 Å². The highest BCUT2D eigenvalue weighted by molar-refractivity contribution is 7.15. The highest BCUT2D eigenvalue weighted by Crippen LogP contribution is 2.37. The zero-order chi connectivity index (χ0) is 19.7. The Kier molecular flexibility index (Phi) is 5.07. The van der Waals surface area contributed by atoms with Gasteiger partial charge in [0.05, 0.1) is 27.2 Å². The first-order valence-corrected chi connectivity index (χ1v) is 9.93. The molecule has 142 valence electrons. The number of rotatable bonds is 6. The number of aromatic nitrogens is 2. The standard InChI is InChI=1S/C21H17ClN2O3S/c1-3-9-27-19-14(22)10-13(11-17(19)26-4-2)12-18-20(25)24-16-8-6-5-7-15(16)23-21(24)28-18/h3,5-8,10-12H,1,4,9H2,2H3. The Bertz CT molecular complexity index is 1290. The van der Waals surface area contributed by atoms with Gasteiger partial charge in [-0.1, -0.05) is 47.7 Å². The van der Waals surface area contributed by atoms with Crippen LogP contribution in [0.3, 0.4) is 0 Å². The van der Waals surface area contributed by atoms with Gasteiger partial charge < -0.3 is 9.47 Å². The van der Waals surface area contributed by atoms with Crippen molar-refractivity contribution in [3.8, 4) is 11.5 Å². The minimum Gasteiger partial charge on any atom is -0.490 e. The van der Waals surface area contributed by atoms with E-state index in [0.29, 0.717) is 39.2 Å². The summed E-state index contributed by atoms with van der Waals surface area (Å²) in [5.41, 5.74) is 2.27. The van der Waals surface area contributed by atoms with Gasteiger partial charge in [-0.05, 0) is 42.8 Å². The summed E-state index contributed by atoms with van der Waals surface area (Å²) in [5, 5.41) is 0.415. The third-order valence-corrected chi connectivity index (χ3v) is 5.37. The van der Waals surface area contributed by atoms with Crippen LogP contribution in [0.2, 0.25) is 5.02 Å². The van der Waals surface area contributed by atoms with Crippen molar-refractivity contribution in [3.05, 3.63) is 74.5 Å². The second kappa shape index (κ2) is 7.66. The summed E-state index contributed by atoms with van der Waals surface area (Å²) in [4.78, 5) is 18.1. The van der Waals surface area contributed by atoms with Crippen molar-refractivity contribution in [2.75, 3.05) is 13.2 Å². The van der Waals surface area contributed by atoms with E-state index in [4.69, 9.17) is 21.1 Å². The Morgan fingerprint density at radius 2 is 2.11 bits per heavy atom. The number of thiazole rings is 1. The highest BCUT2D eigenvalue weighted by Gasteiger charge is 2.13. The molecule has 0 amide bonds. The molecule has 0 fully saturated rings. The molecule has 2 heterocycles. The van der Waals surface area contributed by atoms with E-state index in [1.54, 1.807) is 22.6 Å². The number of benzene rings is 2. The number of halogens is 1. The predicted octanol–water partition coefficient (Wildman–Crippen LogP) is 4.07. The molecule has 0 N–H and O–H groups in total.